The monoisotopic (exact) mass is 266 g/mol. The minimum absolute atomic E-state index is 0.00625. The molecule has 0 aliphatic heterocycles. The van der Waals surface area contributed by atoms with Gasteiger partial charge in [0.25, 0.3) is 0 Å². The summed E-state index contributed by atoms with van der Waals surface area (Å²) in [6.45, 7) is 0.0772. The lowest BCUT2D eigenvalue weighted by Gasteiger charge is -2.31. The van der Waals surface area contributed by atoms with Crippen LogP contribution in [0.25, 0.3) is 0 Å². The van der Waals surface area contributed by atoms with Gasteiger partial charge in [0.1, 0.15) is 5.82 Å². The number of nitrogen functional groups attached to an aromatic ring is 1. The van der Waals surface area contributed by atoms with Crippen LogP contribution in [0.5, 0.6) is 0 Å². The molecule has 1 heterocycles. The van der Waals surface area contributed by atoms with Gasteiger partial charge in [0, 0.05) is 24.6 Å². The van der Waals surface area contributed by atoms with Crippen molar-refractivity contribution >= 4 is 17.3 Å². The summed E-state index contributed by atoms with van der Waals surface area (Å²) < 4.78 is 0. The summed E-state index contributed by atoms with van der Waals surface area (Å²) in [4.78, 5) is 14.5. The van der Waals surface area contributed by atoms with Gasteiger partial charge in [0.15, 0.2) is 0 Å². The lowest BCUT2D eigenvalue weighted by atomic mass is 9.85. The van der Waals surface area contributed by atoms with E-state index in [-0.39, 0.29) is 35.9 Å². The molecule has 0 spiro atoms. The smallest absolute Gasteiger partial charge is 0.311 e. The summed E-state index contributed by atoms with van der Waals surface area (Å²) in [5, 5.41) is 23.4. The largest absolute Gasteiger partial charge is 0.396 e. The standard InChI is InChI=1S/C12H18N4O3/c13-11-6-5-10(16(18)19)12(15-11)14-9-4-2-1-3-8(9)7-17/h5-6,8-9,17H,1-4,7H2,(H3,13,14,15). The van der Waals surface area contributed by atoms with Crippen molar-refractivity contribution in [2.24, 2.45) is 5.92 Å². The van der Waals surface area contributed by atoms with E-state index in [4.69, 9.17) is 5.73 Å². The zero-order chi connectivity index (χ0) is 13.8. The molecule has 7 nitrogen and oxygen atoms in total. The number of aliphatic hydroxyl groups is 1. The van der Waals surface area contributed by atoms with E-state index < -0.39 is 4.92 Å². The number of nitrogens with one attached hydrogen (secondary N) is 1. The minimum Gasteiger partial charge on any atom is -0.396 e. The number of rotatable bonds is 4. The Morgan fingerprint density at radius 1 is 1.47 bits per heavy atom. The fourth-order valence-corrected chi connectivity index (χ4v) is 2.51. The number of anilines is 2. The van der Waals surface area contributed by atoms with Crippen LogP contribution >= 0.6 is 0 Å². The van der Waals surface area contributed by atoms with E-state index in [0.717, 1.165) is 25.7 Å². The Morgan fingerprint density at radius 3 is 2.89 bits per heavy atom. The zero-order valence-corrected chi connectivity index (χ0v) is 10.6. The number of nitrogens with zero attached hydrogens (tertiary/aromatic N) is 2. The summed E-state index contributed by atoms with van der Waals surface area (Å²) >= 11 is 0. The molecule has 0 aromatic carbocycles. The van der Waals surface area contributed by atoms with Gasteiger partial charge < -0.3 is 16.2 Å². The van der Waals surface area contributed by atoms with Crippen molar-refractivity contribution in [1.29, 1.82) is 0 Å². The molecule has 2 atom stereocenters. The van der Waals surface area contributed by atoms with Crippen LogP contribution in [0.3, 0.4) is 0 Å². The summed E-state index contributed by atoms with van der Waals surface area (Å²) in [7, 11) is 0. The molecule has 0 amide bonds. The van der Waals surface area contributed by atoms with E-state index in [9.17, 15) is 15.2 Å². The zero-order valence-electron chi connectivity index (χ0n) is 10.6. The highest BCUT2D eigenvalue weighted by Crippen LogP contribution is 2.30. The molecule has 4 N–H and O–H groups in total. The van der Waals surface area contributed by atoms with E-state index >= 15 is 0 Å². The molecular weight excluding hydrogens is 248 g/mol. The van der Waals surface area contributed by atoms with Crippen LogP contribution in [0.1, 0.15) is 25.7 Å². The molecule has 7 heteroatoms. The highest BCUT2D eigenvalue weighted by molar-refractivity contribution is 5.59. The first-order valence-corrected chi connectivity index (χ1v) is 6.40. The van der Waals surface area contributed by atoms with Gasteiger partial charge in [-0.2, -0.15) is 0 Å². The molecule has 1 aromatic heterocycles. The molecule has 2 rings (SSSR count). The summed E-state index contributed by atoms with van der Waals surface area (Å²) in [6.07, 6.45) is 3.92. The third-order valence-corrected chi connectivity index (χ3v) is 3.56. The Hall–Kier alpha value is -1.89. The second-order valence-electron chi connectivity index (χ2n) is 4.84. The van der Waals surface area contributed by atoms with E-state index in [1.165, 1.54) is 12.1 Å². The first-order valence-electron chi connectivity index (χ1n) is 6.40. The van der Waals surface area contributed by atoms with Gasteiger partial charge in [0.2, 0.25) is 5.82 Å². The quantitative estimate of drug-likeness (QED) is 0.562. The molecule has 0 bridgehead atoms. The highest BCUT2D eigenvalue weighted by Gasteiger charge is 2.27. The Labute approximate surface area is 111 Å². The maximum absolute atomic E-state index is 11.0. The van der Waals surface area contributed by atoms with Crippen LogP contribution in [-0.2, 0) is 0 Å². The van der Waals surface area contributed by atoms with Gasteiger partial charge in [-0.1, -0.05) is 12.8 Å². The number of aromatic nitrogens is 1. The lowest BCUT2D eigenvalue weighted by Crippen LogP contribution is -2.34. The Kier molecular flexibility index (Phi) is 4.16. The van der Waals surface area contributed by atoms with Gasteiger partial charge in [-0.3, -0.25) is 10.1 Å². The van der Waals surface area contributed by atoms with Crippen molar-refractivity contribution in [3.8, 4) is 0 Å². The van der Waals surface area contributed by atoms with Crippen LogP contribution in [0.2, 0.25) is 0 Å². The fourth-order valence-electron chi connectivity index (χ4n) is 2.51. The molecular formula is C12H18N4O3. The molecule has 1 aliphatic rings. The lowest BCUT2D eigenvalue weighted by molar-refractivity contribution is -0.384. The maximum atomic E-state index is 11.0. The van der Waals surface area contributed by atoms with Gasteiger partial charge >= 0.3 is 5.69 Å². The minimum atomic E-state index is -0.481. The third kappa shape index (κ3) is 3.11. The Bertz CT molecular complexity index is 466. The molecule has 1 aromatic rings. The van der Waals surface area contributed by atoms with Gasteiger partial charge in [0.05, 0.1) is 4.92 Å². The molecule has 0 saturated heterocycles. The predicted octanol–water partition coefficient (Wildman–Crippen LogP) is 1.53. The van der Waals surface area contributed by atoms with Gasteiger partial charge in [-0.15, -0.1) is 0 Å². The second-order valence-corrected chi connectivity index (χ2v) is 4.84. The van der Waals surface area contributed by atoms with Crippen molar-refractivity contribution in [2.45, 2.75) is 31.7 Å². The molecule has 1 aliphatic carbocycles. The van der Waals surface area contributed by atoms with Crippen LogP contribution in [0, 0.1) is 16.0 Å². The first kappa shape index (κ1) is 13.5. The second kappa shape index (κ2) is 5.83. The van der Waals surface area contributed by atoms with Crippen molar-refractivity contribution in [3.63, 3.8) is 0 Å². The normalized spacial score (nSPS) is 23.0. The van der Waals surface area contributed by atoms with Crippen molar-refractivity contribution in [1.82, 2.24) is 4.98 Å². The maximum Gasteiger partial charge on any atom is 0.311 e. The predicted molar refractivity (Wildman–Crippen MR) is 71.8 cm³/mol. The molecule has 2 unspecified atom stereocenters. The van der Waals surface area contributed by atoms with Gasteiger partial charge in [-0.25, -0.2) is 4.98 Å². The number of hydrogen-bond donors (Lipinski definition) is 3. The summed E-state index contributed by atoms with van der Waals surface area (Å²) in [5.74, 6) is 0.538. The fraction of sp³-hybridized carbons (Fsp3) is 0.583. The number of nitro groups is 1. The van der Waals surface area contributed by atoms with Crippen LogP contribution < -0.4 is 11.1 Å². The molecule has 0 radical (unpaired) electrons. The number of nitrogens with two attached hydrogens (primary N) is 1. The topological polar surface area (TPSA) is 114 Å². The molecule has 1 fully saturated rings. The summed E-state index contributed by atoms with van der Waals surface area (Å²) in [5.41, 5.74) is 5.49. The van der Waals surface area contributed by atoms with Crippen molar-refractivity contribution < 1.29 is 10.0 Å². The third-order valence-electron chi connectivity index (χ3n) is 3.56. The summed E-state index contributed by atoms with van der Waals surface area (Å²) in [6, 6.07) is 2.77. The average molecular weight is 266 g/mol. The van der Waals surface area contributed by atoms with E-state index in [0.29, 0.717) is 0 Å². The van der Waals surface area contributed by atoms with Crippen molar-refractivity contribution in [3.05, 3.63) is 22.2 Å². The average Bonchev–Trinajstić information content (AvgIpc) is 2.39. The highest BCUT2D eigenvalue weighted by atomic mass is 16.6. The molecule has 1 saturated carbocycles. The first-order chi connectivity index (χ1) is 9.11. The van der Waals surface area contributed by atoms with E-state index in [1.54, 1.807) is 0 Å². The number of aliphatic hydroxyl groups excluding tert-OH is 1. The Balaban J connectivity index is 2.21. The van der Waals surface area contributed by atoms with Crippen LogP contribution in [-0.4, -0.2) is 27.7 Å². The number of pyridine rings is 1. The Morgan fingerprint density at radius 2 is 2.21 bits per heavy atom. The van der Waals surface area contributed by atoms with Gasteiger partial charge in [-0.05, 0) is 18.9 Å². The van der Waals surface area contributed by atoms with Crippen molar-refractivity contribution in [2.75, 3.05) is 17.7 Å². The number of hydrogen-bond acceptors (Lipinski definition) is 6. The van der Waals surface area contributed by atoms with E-state index in [1.807, 2.05) is 0 Å². The van der Waals surface area contributed by atoms with E-state index in [2.05, 4.69) is 10.3 Å². The molecule has 19 heavy (non-hydrogen) atoms. The molecule has 104 valence electrons. The van der Waals surface area contributed by atoms with Crippen LogP contribution in [0.15, 0.2) is 12.1 Å². The van der Waals surface area contributed by atoms with Crippen LogP contribution in [0.4, 0.5) is 17.3 Å². The SMILES string of the molecule is Nc1ccc([N+](=O)[O-])c(NC2CCCCC2CO)n1.